The molecule has 1 amide bonds. The number of hydrogen-bond donors (Lipinski definition) is 1. The largest absolute Gasteiger partial charge is 0.452 e. The normalized spacial score (nSPS) is 14.9. The highest BCUT2D eigenvalue weighted by Crippen LogP contribution is 2.25. The van der Waals surface area contributed by atoms with Crippen LogP contribution < -0.4 is 5.32 Å². The van der Waals surface area contributed by atoms with Gasteiger partial charge in [-0.2, -0.15) is 4.31 Å². The molecule has 11 heteroatoms. The zero-order chi connectivity index (χ0) is 22.7. The van der Waals surface area contributed by atoms with Gasteiger partial charge in [-0.1, -0.05) is 12.5 Å². The van der Waals surface area contributed by atoms with Crippen molar-refractivity contribution in [1.82, 2.24) is 18.9 Å². The van der Waals surface area contributed by atoms with Gasteiger partial charge in [-0.15, -0.1) is 10.2 Å². The minimum absolute atomic E-state index is 0.125. The Kier molecular flexibility index (Phi) is 6.19. The van der Waals surface area contributed by atoms with Crippen LogP contribution in [0.15, 0.2) is 47.8 Å². The summed E-state index contributed by atoms with van der Waals surface area (Å²) in [6, 6.07) is 7.77. The molecule has 4 rings (SSSR count). The van der Waals surface area contributed by atoms with Crippen LogP contribution in [0.2, 0.25) is 0 Å². The first-order chi connectivity index (χ1) is 15.3. The van der Waals surface area contributed by atoms with Crippen molar-refractivity contribution < 1.29 is 22.7 Å². The van der Waals surface area contributed by atoms with E-state index in [4.69, 9.17) is 4.74 Å². The molecule has 0 saturated carbocycles. The summed E-state index contributed by atoms with van der Waals surface area (Å²) in [5.74, 6) is -1.24. The molecule has 1 aromatic carbocycles. The quantitative estimate of drug-likeness (QED) is 0.562. The first kappa shape index (κ1) is 21.9. The molecule has 0 spiro atoms. The van der Waals surface area contributed by atoms with E-state index in [2.05, 4.69) is 15.5 Å². The molecule has 0 atom stereocenters. The van der Waals surface area contributed by atoms with Gasteiger partial charge in [0.25, 0.3) is 5.91 Å². The summed E-state index contributed by atoms with van der Waals surface area (Å²) in [6.45, 7) is 2.23. The van der Waals surface area contributed by atoms with Gasteiger partial charge >= 0.3 is 5.97 Å². The maximum Gasteiger partial charge on any atom is 0.340 e. The Morgan fingerprint density at radius 3 is 2.69 bits per heavy atom. The highest BCUT2D eigenvalue weighted by molar-refractivity contribution is 7.89. The van der Waals surface area contributed by atoms with Crippen molar-refractivity contribution in [3.05, 3.63) is 54.0 Å². The van der Waals surface area contributed by atoms with E-state index in [9.17, 15) is 18.0 Å². The summed E-state index contributed by atoms with van der Waals surface area (Å²) in [7, 11) is -3.63. The number of rotatable bonds is 6. The standard InChI is InChI=1S/C21H23N5O5S/c1-15-5-7-17(32(29,30)26-9-3-2-4-10-26)11-18(15)23-20(27)13-31-21(28)16-6-8-19-24-22-14-25(19)12-16/h5-8,11-12,14H,2-4,9-10,13H2,1H3,(H,23,27). The van der Waals surface area contributed by atoms with Crippen molar-refractivity contribution in [2.45, 2.75) is 31.1 Å². The third kappa shape index (κ3) is 4.63. The van der Waals surface area contributed by atoms with Crippen LogP contribution in [0.1, 0.15) is 35.2 Å². The molecule has 3 heterocycles. The fraction of sp³-hybridized carbons (Fsp3) is 0.333. The lowest BCUT2D eigenvalue weighted by molar-refractivity contribution is -0.119. The number of piperidine rings is 1. The molecular formula is C21H23N5O5S. The van der Waals surface area contributed by atoms with Crippen LogP contribution in [0.3, 0.4) is 0 Å². The molecule has 0 radical (unpaired) electrons. The number of amides is 1. The molecule has 1 aliphatic rings. The fourth-order valence-electron chi connectivity index (χ4n) is 3.50. The molecule has 1 saturated heterocycles. The Hall–Kier alpha value is -3.31. The van der Waals surface area contributed by atoms with Crippen LogP contribution in [-0.2, 0) is 19.6 Å². The lowest BCUT2D eigenvalue weighted by atomic mass is 10.2. The first-order valence-electron chi connectivity index (χ1n) is 10.2. The Morgan fingerprint density at radius 1 is 1.12 bits per heavy atom. The monoisotopic (exact) mass is 457 g/mol. The second kappa shape index (κ2) is 9.05. The predicted molar refractivity (Wildman–Crippen MR) is 116 cm³/mol. The Labute approximate surface area is 185 Å². The van der Waals surface area contributed by atoms with Gasteiger partial charge in [-0.05, 0) is 49.6 Å². The van der Waals surface area contributed by atoms with E-state index in [1.807, 2.05) is 0 Å². The van der Waals surface area contributed by atoms with E-state index >= 15 is 0 Å². The molecular weight excluding hydrogens is 434 g/mol. The number of ether oxygens (including phenoxy) is 1. The fourth-order valence-corrected chi connectivity index (χ4v) is 5.04. The average Bonchev–Trinajstić information content (AvgIpc) is 3.27. The van der Waals surface area contributed by atoms with Crippen molar-refractivity contribution in [3.8, 4) is 0 Å². The van der Waals surface area contributed by atoms with Crippen molar-refractivity contribution in [3.63, 3.8) is 0 Å². The lowest BCUT2D eigenvalue weighted by Gasteiger charge is -2.26. The van der Waals surface area contributed by atoms with Gasteiger partial charge in [0.2, 0.25) is 10.0 Å². The van der Waals surface area contributed by atoms with Crippen molar-refractivity contribution >= 4 is 33.2 Å². The van der Waals surface area contributed by atoms with Gasteiger partial charge in [0, 0.05) is 25.0 Å². The number of fused-ring (bicyclic) bond motifs is 1. The van der Waals surface area contributed by atoms with Crippen LogP contribution in [-0.4, -0.2) is 58.9 Å². The van der Waals surface area contributed by atoms with Crippen molar-refractivity contribution in [1.29, 1.82) is 0 Å². The van der Waals surface area contributed by atoms with E-state index in [0.717, 1.165) is 19.3 Å². The minimum Gasteiger partial charge on any atom is -0.452 e. The number of nitrogens with zero attached hydrogens (tertiary/aromatic N) is 4. The number of hydrogen-bond acceptors (Lipinski definition) is 7. The zero-order valence-electron chi connectivity index (χ0n) is 17.5. The molecule has 10 nitrogen and oxygen atoms in total. The summed E-state index contributed by atoms with van der Waals surface area (Å²) in [6.07, 6.45) is 5.66. The van der Waals surface area contributed by atoms with Gasteiger partial charge in [0.15, 0.2) is 12.3 Å². The summed E-state index contributed by atoms with van der Waals surface area (Å²) < 4.78 is 34.0. The van der Waals surface area contributed by atoms with Crippen molar-refractivity contribution in [2.75, 3.05) is 25.0 Å². The molecule has 1 fully saturated rings. The van der Waals surface area contributed by atoms with E-state index in [1.54, 1.807) is 23.5 Å². The molecule has 1 N–H and O–H groups in total. The second-order valence-electron chi connectivity index (χ2n) is 7.58. The summed E-state index contributed by atoms with van der Waals surface area (Å²) in [4.78, 5) is 24.7. The highest BCUT2D eigenvalue weighted by atomic mass is 32.2. The molecule has 2 aromatic heterocycles. The topological polar surface area (TPSA) is 123 Å². The van der Waals surface area contributed by atoms with Gasteiger partial charge in [-0.25, -0.2) is 13.2 Å². The summed E-state index contributed by atoms with van der Waals surface area (Å²) in [5, 5.41) is 10.2. The molecule has 1 aliphatic heterocycles. The summed E-state index contributed by atoms with van der Waals surface area (Å²) in [5.41, 5.74) is 1.88. The molecule has 168 valence electrons. The zero-order valence-corrected chi connectivity index (χ0v) is 18.3. The number of esters is 1. The number of pyridine rings is 1. The Balaban J connectivity index is 1.41. The number of benzene rings is 1. The first-order valence-corrected chi connectivity index (χ1v) is 11.7. The number of anilines is 1. The maximum absolute atomic E-state index is 12.9. The van der Waals surface area contributed by atoms with Crippen molar-refractivity contribution in [2.24, 2.45) is 0 Å². The van der Waals surface area contributed by atoms with Crippen LogP contribution in [0.4, 0.5) is 5.69 Å². The van der Waals surface area contributed by atoms with Gasteiger partial charge in [-0.3, -0.25) is 9.20 Å². The number of aryl methyl sites for hydroxylation is 1. The average molecular weight is 458 g/mol. The smallest absolute Gasteiger partial charge is 0.340 e. The predicted octanol–water partition coefficient (Wildman–Crippen LogP) is 2.01. The number of carbonyl (C=O) groups is 2. The number of nitrogens with one attached hydrogen (secondary N) is 1. The molecule has 0 unspecified atom stereocenters. The van der Waals surface area contributed by atoms with E-state index in [1.165, 1.54) is 35.0 Å². The highest BCUT2D eigenvalue weighted by Gasteiger charge is 2.26. The molecule has 0 bridgehead atoms. The maximum atomic E-state index is 12.9. The van der Waals surface area contributed by atoms with Crippen LogP contribution in [0.25, 0.3) is 5.65 Å². The van der Waals surface area contributed by atoms with Gasteiger partial charge in [0.1, 0.15) is 6.33 Å². The number of sulfonamides is 1. The van der Waals surface area contributed by atoms with Gasteiger partial charge in [0.05, 0.1) is 10.5 Å². The molecule has 32 heavy (non-hydrogen) atoms. The van der Waals surface area contributed by atoms with Crippen LogP contribution >= 0.6 is 0 Å². The Bertz CT molecular complexity index is 1260. The SMILES string of the molecule is Cc1ccc(S(=O)(=O)N2CCCCC2)cc1NC(=O)COC(=O)c1ccc2nncn2c1. The Morgan fingerprint density at radius 2 is 1.91 bits per heavy atom. The van der Waals surface area contributed by atoms with Crippen LogP contribution in [0, 0.1) is 6.92 Å². The van der Waals surface area contributed by atoms with Crippen LogP contribution in [0.5, 0.6) is 0 Å². The second-order valence-corrected chi connectivity index (χ2v) is 9.52. The number of carbonyl (C=O) groups excluding carboxylic acids is 2. The summed E-state index contributed by atoms with van der Waals surface area (Å²) >= 11 is 0. The minimum atomic E-state index is -3.63. The molecule has 3 aromatic rings. The van der Waals surface area contributed by atoms with E-state index in [-0.39, 0.29) is 10.5 Å². The third-order valence-electron chi connectivity index (χ3n) is 5.30. The van der Waals surface area contributed by atoms with E-state index in [0.29, 0.717) is 30.0 Å². The third-order valence-corrected chi connectivity index (χ3v) is 7.19. The van der Waals surface area contributed by atoms with Gasteiger partial charge < -0.3 is 10.1 Å². The lowest BCUT2D eigenvalue weighted by Crippen LogP contribution is -2.35. The molecule has 0 aliphatic carbocycles. The van der Waals surface area contributed by atoms with E-state index < -0.39 is 28.5 Å². The number of aromatic nitrogens is 3.